The van der Waals surface area contributed by atoms with E-state index in [4.69, 9.17) is 32.3 Å². The second-order valence-corrected chi connectivity index (χ2v) is 8.64. The number of alkyl halides is 3. The van der Waals surface area contributed by atoms with Crippen LogP contribution in [0.3, 0.4) is 0 Å². The molecule has 0 fully saturated rings. The average Bonchev–Trinajstić information content (AvgIpc) is 2.87. The third-order valence-corrected chi connectivity index (χ3v) is 6.28. The SMILES string of the molecule is CC(=O)O.N=C1CS[C@H](c2cccc3ccccc23)c2cc(Cl)ccc2N1C(=N)C(F)(F)F. The first-order valence-electron chi connectivity index (χ1n) is 9.62. The molecule has 0 spiro atoms. The Morgan fingerprint density at radius 2 is 1.76 bits per heavy atom. The van der Waals surface area contributed by atoms with Crippen molar-refractivity contribution in [1.29, 1.82) is 10.8 Å². The molecule has 3 N–H and O–H groups in total. The highest BCUT2D eigenvalue weighted by molar-refractivity contribution is 8.00. The molecule has 1 aliphatic heterocycles. The molecule has 0 saturated heterocycles. The van der Waals surface area contributed by atoms with Crippen molar-refractivity contribution in [3.05, 3.63) is 76.8 Å². The molecular weight excluding hydrogens is 475 g/mol. The number of nitrogens with zero attached hydrogens (tertiary/aromatic N) is 1. The van der Waals surface area contributed by atoms with Crippen molar-refractivity contribution >= 4 is 57.5 Å². The monoisotopic (exact) mass is 493 g/mol. The van der Waals surface area contributed by atoms with E-state index in [9.17, 15) is 13.2 Å². The number of thioether (sulfide) groups is 1. The molecule has 1 heterocycles. The molecule has 33 heavy (non-hydrogen) atoms. The number of halogens is 4. The van der Waals surface area contributed by atoms with Crippen LogP contribution in [0.1, 0.15) is 23.3 Å². The second kappa shape index (κ2) is 9.84. The predicted octanol–water partition coefficient (Wildman–Crippen LogP) is 6.74. The van der Waals surface area contributed by atoms with Gasteiger partial charge in [-0.05, 0) is 40.1 Å². The van der Waals surface area contributed by atoms with Crippen LogP contribution in [-0.4, -0.2) is 34.7 Å². The number of anilines is 1. The largest absolute Gasteiger partial charge is 0.481 e. The predicted molar refractivity (Wildman–Crippen MR) is 127 cm³/mol. The maximum atomic E-state index is 13.3. The summed E-state index contributed by atoms with van der Waals surface area (Å²) in [5.41, 5.74) is 1.64. The molecule has 4 rings (SSSR count). The van der Waals surface area contributed by atoms with Crippen LogP contribution in [0.25, 0.3) is 10.8 Å². The number of nitrogens with one attached hydrogen (secondary N) is 2. The van der Waals surface area contributed by atoms with E-state index >= 15 is 0 Å². The lowest BCUT2D eigenvalue weighted by molar-refractivity contribution is -0.134. The lowest BCUT2D eigenvalue weighted by Gasteiger charge is -2.27. The van der Waals surface area contributed by atoms with Gasteiger partial charge < -0.3 is 5.11 Å². The number of rotatable bonds is 1. The first-order valence-corrected chi connectivity index (χ1v) is 11.0. The number of benzene rings is 3. The van der Waals surface area contributed by atoms with Crippen molar-refractivity contribution < 1.29 is 23.1 Å². The average molecular weight is 494 g/mol. The number of hydrogen-bond donors (Lipinski definition) is 3. The molecule has 3 aromatic rings. The van der Waals surface area contributed by atoms with Crippen LogP contribution in [0.2, 0.25) is 5.02 Å². The highest BCUT2D eigenvalue weighted by Gasteiger charge is 2.43. The first-order chi connectivity index (χ1) is 15.5. The Morgan fingerprint density at radius 1 is 1.12 bits per heavy atom. The van der Waals surface area contributed by atoms with Gasteiger partial charge in [-0.3, -0.25) is 20.5 Å². The number of hydrogen-bond acceptors (Lipinski definition) is 4. The minimum absolute atomic E-state index is 0.0264. The van der Waals surface area contributed by atoms with Crippen LogP contribution in [0.4, 0.5) is 18.9 Å². The Kier molecular flexibility index (Phi) is 7.34. The summed E-state index contributed by atoms with van der Waals surface area (Å²) in [6, 6.07) is 18.2. The maximum absolute atomic E-state index is 13.3. The van der Waals surface area contributed by atoms with Gasteiger partial charge in [-0.25, -0.2) is 0 Å². The number of fused-ring (bicyclic) bond motifs is 2. The summed E-state index contributed by atoms with van der Waals surface area (Å²) in [5.74, 6) is -2.67. The van der Waals surface area contributed by atoms with E-state index in [1.165, 1.54) is 23.9 Å². The maximum Gasteiger partial charge on any atom is 0.449 e. The number of aliphatic carboxylic acids is 1. The molecule has 0 radical (unpaired) electrons. The molecule has 0 unspecified atom stereocenters. The van der Waals surface area contributed by atoms with E-state index in [2.05, 4.69) is 0 Å². The van der Waals surface area contributed by atoms with Crippen LogP contribution in [0, 0.1) is 10.8 Å². The van der Waals surface area contributed by atoms with Gasteiger partial charge in [0.05, 0.1) is 16.7 Å². The quantitative estimate of drug-likeness (QED) is 0.258. The summed E-state index contributed by atoms with van der Waals surface area (Å²) in [7, 11) is 0. The van der Waals surface area contributed by atoms with Crippen molar-refractivity contribution in [3.8, 4) is 0 Å². The highest BCUT2D eigenvalue weighted by atomic mass is 35.5. The normalized spacial score (nSPS) is 15.8. The molecule has 0 saturated carbocycles. The summed E-state index contributed by atoms with van der Waals surface area (Å²) in [5, 5.41) is 25.4. The van der Waals surface area contributed by atoms with Crippen LogP contribution in [0.15, 0.2) is 60.7 Å². The lowest BCUT2D eigenvalue weighted by Crippen LogP contribution is -2.45. The number of carbonyl (C=O) groups is 1. The van der Waals surface area contributed by atoms with Gasteiger partial charge in [0.1, 0.15) is 5.84 Å². The zero-order valence-electron chi connectivity index (χ0n) is 17.3. The summed E-state index contributed by atoms with van der Waals surface area (Å²) in [6.45, 7) is 1.08. The zero-order valence-corrected chi connectivity index (χ0v) is 18.9. The van der Waals surface area contributed by atoms with Gasteiger partial charge in [0.25, 0.3) is 5.97 Å². The zero-order chi connectivity index (χ0) is 24.3. The molecule has 0 bridgehead atoms. The van der Waals surface area contributed by atoms with Crippen LogP contribution >= 0.6 is 23.4 Å². The van der Waals surface area contributed by atoms with Gasteiger partial charge in [-0.15, -0.1) is 11.8 Å². The van der Waals surface area contributed by atoms with Gasteiger partial charge in [0, 0.05) is 11.9 Å². The number of carboxylic acids is 1. The van der Waals surface area contributed by atoms with Crippen LogP contribution in [0.5, 0.6) is 0 Å². The molecular formula is C23H19ClF3N3O2S. The third-order valence-electron chi connectivity index (χ3n) is 4.77. The fourth-order valence-corrected chi connectivity index (χ4v) is 4.91. The highest BCUT2D eigenvalue weighted by Crippen LogP contribution is 2.46. The fraction of sp³-hybridized carbons (Fsp3) is 0.174. The second-order valence-electron chi connectivity index (χ2n) is 7.11. The summed E-state index contributed by atoms with van der Waals surface area (Å²) < 4.78 is 40.0. The van der Waals surface area contributed by atoms with Gasteiger partial charge in [-0.1, -0.05) is 54.1 Å². The molecule has 5 nitrogen and oxygen atoms in total. The van der Waals surface area contributed by atoms with E-state index in [0.29, 0.717) is 15.5 Å². The Hall–Kier alpha value is -3.04. The Labute approximate surface area is 197 Å². The Bertz CT molecular complexity index is 1220. The molecule has 172 valence electrons. The third kappa shape index (κ3) is 5.48. The van der Waals surface area contributed by atoms with Gasteiger partial charge in [0.15, 0.2) is 0 Å². The van der Waals surface area contributed by atoms with Crippen molar-refractivity contribution in [2.24, 2.45) is 0 Å². The smallest absolute Gasteiger partial charge is 0.449 e. The van der Waals surface area contributed by atoms with E-state index in [-0.39, 0.29) is 22.5 Å². The standard InChI is InChI=1S/C21H15ClF3N3S.C2H4O2/c22-13-8-9-17-16(10-13)19(15-7-3-5-12-4-1-2-6-14(12)15)29-11-18(26)28(17)20(27)21(23,24)25;1-2(3)4/h1-10,19,26-27H,11H2;1H3,(H,3,4)/t19-;/m1./s1. The molecule has 0 amide bonds. The van der Waals surface area contributed by atoms with Crippen molar-refractivity contribution in [3.63, 3.8) is 0 Å². The van der Waals surface area contributed by atoms with Crippen molar-refractivity contribution in [2.75, 3.05) is 10.7 Å². The van der Waals surface area contributed by atoms with E-state index < -0.39 is 18.0 Å². The van der Waals surface area contributed by atoms with Crippen LogP contribution < -0.4 is 4.90 Å². The lowest BCUT2D eigenvalue weighted by atomic mass is 9.96. The van der Waals surface area contributed by atoms with Crippen LogP contribution in [-0.2, 0) is 4.79 Å². The Morgan fingerprint density at radius 3 is 2.42 bits per heavy atom. The number of carboxylic acid groups (broad SMARTS) is 1. The first kappa shape index (κ1) is 24.6. The molecule has 0 aliphatic carbocycles. The Balaban J connectivity index is 0.000000709. The molecule has 1 aliphatic rings. The minimum Gasteiger partial charge on any atom is -0.481 e. The fourth-order valence-electron chi connectivity index (χ4n) is 3.52. The summed E-state index contributed by atoms with van der Waals surface area (Å²) in [4.78, 5) is 9.67. The molecule has 0 aromatic heterocycles. The van der Waals surface area contributed by atoms with Gasteiger partial charge in [-0.2, -0.15) is 13.2 Å². The van der Waals surface area contributed by atoms with Crippen molar-refractivity contribution in [2.45, 2.75) is 18.3 Å². The van der Waals surface area contributed by atoms with E-state index in [0.717, 1.165) is 23.3 Å². The number of amidine groups is 2. The molecule has 1 atom stereocenters. The minimum atomic E-state index is -4.87. The summed E-state index contributed by atoms with van der Waals surface area (Å²) >= 11 is 7.55. The van der Waals surface area contributed by atoms with E-state index in [1.54, 1.807) is 6.07 Å². The molecule has 3 aromatic carbocycles. The van der Waals surface area contributed by atoms with Gasteiger partial charge >= 0.3 is 6.18 Å². The van der Waals surface area contributed by atoms with Crippen molar-refractivity contribution in [1.82, 2.24) is 0 Å². The summed E-state index contributed by atoms with van der Waals surface area (Å²) in [6.07, 6.45) is -4.87. The molecule has 10 heteroatoms. The van der Waals surface area contributed by atoms with E-state index in [1.807, 2.05) is 42.5 Å². The van der Waals surface area contributed by atoms with Gasteiger partial charge in [0.2, 0.25) is 5.84 Å². The topological polar surface area (TPSA) is 88.2 Å².